The standard InChI is InChI=1S/C22H18FN7S/c23-15-9-14(10-24-12-15)19-28-20(18-21(29-19)30-7-8-31-22(30)27-18)25-6-5-13-11-26-17-4-2-1-3-16(13)17/h1-4,9-12,26H,5-8H2,(H,25,28,29). The number of para-hydroxylation sites is 1. The van der Waals surface area contributed by atoms with Gasteiger partial charge in [-0.05, 0) is 24.1 Å². The lowest BCUT2D eigenvalue weighted by atomic mass is 10.1. The molecule has 154 valence electrons. The average molecular weight is 432 g/mol. The van der Waals surface area contributed by atoms with Gasteiger partial charge in [-0.3, -0.25) is 4.98 Å². The predicted octanol–water partition coefficient (Wildman–Crippen LogP) is 4.27. The van der Waals surface area contributed by atoms with Crippen LogP contribution in [0.15, 0.2) is 54.1 Å². The summed E-state index contributed by atoms with van der Waals surface area (Å²) in [5.41, 5.74) is 4.43. The van der Waals surface area contributed by atoms with Crippen molar-refractivity contribution in [1.29, 1.82) is 0 Å². The lowest BCUT2D eigenvalue weighted by Crippen LogP contribution is -2.09. The molecule has 0 radical (unpaired) electrons. The number of halogens is 1. The fourth-order valence-electron chi connectivity index (χ4n) is 3.96. The van der Waals surface area contributed by atoms with E-state index in [2.05, 4.69) is 37.0 Å². The van der Waals surface area contributed by atoms with Crippen LogP contribution in [0.2, 0.25) is 0 Å². The van der Waals surface area contributed by atoms with Crippen LogP contribution in [0.3, 0.4) is 0 Å². The number of thioether (sulfide) groups is 1. The molecule has 0 amide bonds. The highest BCUT2D eigenvalue weighted by molar-refractivity contribution is 7.99. The molecule has 5 heterocycles. The van der Waals surface area contributed by atoms with Gasteiger partial charge in [0.25, 0.3) is 0 Å². The summed E-state index contributed by atoms with van der Waals surface area (Å²) in [6.07, 6.45) is 5.63. The van der Waals surface area contributed by atoms with E-state index in [-0.39, 0.29) is 0 Å². The van der Waals surface area contributed by atoms with E-state index >= 15 is 0 Å². The van der Waals surface area contributed by atoms with Crippen LogP contribution >= 0.6 is 11.8 Å². The van der Waals surface area contributed by atoms with Crippen LogP contribution in [0.5, 0.6) is 0 Å². The Kier molecular flexibility index (Phi) is 4.34. The summed E-state index contributed by atoms with van der Waals surface area (Å²) in [4.78, 5) is 21.4. The van der Waals surface area contributed by atoms with Gasteiger partial charge in [0.1, 0.15) is 5.82 Å². The molecule has 1 aliphatic heterocycles. The molecule has 5 aromatic rings. The third-order valence-corrected chi connectivity index (χ3v) is 6.39. The van der Waals surface area contributed by atoms with E-state index in [1.165, 1.54) is 23.2 Å². The number of rotatable bonds is 5. The Morgan fingerprint density at radius 1 is 1.16 bits per heavy atom. The molecule has 1 aliphatic rings. The van der Waals surface area contributed by atoms with Crippen LogP contribution in [-0.2, 0) is 13.0 Å². The molecule has 9 heteroatoms. The van der Waals surface area contributed by atoms with E-state index in [0.29, 0.717) is 23.8 Å². The highest BCUT2D eigenvalue weighted by atomic mass is 32.2. The molecule has 6 rings (SSSR count). The topological polar surface area (TPSA) is 84.3 Å². The summed E-state index contributed by atoms with van der Waals surface area (Å²) in [5.74, 6) is 1.66. The first kappa shape index (κ1) is 18.3. The molecule has 0 spiro atoms. The second-order valence-electron chi connectivity index (χ2n) is 7.39. The number of anilines is 1. The summed E-state index contributed by atoms with van der Waals surface area (Å²) in [6.45, 7) is 1.53. The molecule has 1 aromatic carbocycles. The number of nitrogens with one attached hydrogen (secondary N) is 2. The molecule has 0 unspecified atom stereocenters. The minimum atomic E-state index is -0.413. The number of aromatic nitrogens is 6. The molecule has 0 saturated carbocycles. The summed E-state index contributed by atoms with van der Waals surface area (Å²) in [7, 11) is 0. The molecular formula is C22H18FN7S. The predicted molar refractivity (Wildman–Crippen MR) is 120 cm³/mol. The van der Waals surface area contributed by atoms with Gasteiger partial charge in [0.05, 0.1) is 6.20 Å². The molecule has 2 N–H and O–H groups in total. The Morgan fingerprint density at radius 2 is 2.10 bits per heavy atom. The van der Waals surface area contributed by atoms with Crippen LogP contribution in [-0.4, -0.2) is 41.8 Å². The largest absolute Gasteiger partial charge is 0.368 e. The van der Waals surface area contributed by atoms with E-state index in [4.69, 9.17) is 9.97 Å². The monoisotopic (exact) mass is 431 g/mol. The summed E-state index contributed by atoms with van der Waals surface area (Å²) >= 11 is 1.71. The number of benzene rings is 1. The Labute approximate surface area is 181 Å². The molecule has 0 fully saturated rings. The maximum absolute atomic E-state index is 13.8. The van der Waals surface area contributed by atoms with Crippen molar-refractivity contribution in [2.45, 2.75) is 18.1 Å². The Morgan fingerprint density at radius 3 is 3.03 bits per heavy atom. The number of aryl methyl sites for hydroxylation is 1. The smallest absolute Gasteiger partial charge is 0.170 e. The molecule has 7 nitrogen and oxygen atoms in total. The Bertz CT molecular complexity index is 1420. The van der Waals surface area contributed by atoms with Crippen molar-refractivity contribution in [2.75, 3.05) is 17.6 Å². The number of pyridine rings is 1. The minimum Gasteiger partial charge on any atom is -0.368 e. The van der Waals surface area contributed by atoms with Gasteiger partial charge in [0.2, 0.25) is 0 Å². The normalized spacial score (nSPS) is 13.2. The molecule has 0 atom stereocenters. The Balaban J connectivity index is 1.36. The third kappa shape index (κ3) is 3.21. The van der Waals surface area contributed by atoms with Gasteiger partial charge < -0.3 is 14.9 Å². The summed E-state index contributed by atoms with van der Waals surface area (Å²) in [5, 5.41) is 5.61. The highest BCUT2D eigenvalue weighted by Gasteiger charge is 2.22. The van der Waals surface area contributed by atoms with Crippen LogP contribution in [0.4, 0.5) is 10.2 Å². The van der Waals surface area contributed by atoms with Gasteiger partial charge in [0, 0.05) is 47.7 Å². The van der Waals surface area contributed by atoms with Crippen molar-refractivity contribution in [3.05, 3.63) is 60.3 Å². The molecule has 0 bridgehead atoms. The molecular weight excluding hydrogens is 413 g/mol. The van der Waals surface area contributed by atoms with E-state index < -0.39 is 5.82 Å². The van der Waals surface area contributed by atoms with E-state index in [1.54, 1.807) is 18.0 Å². The van der Waals surface area contributed by atoms with Gasteiger partial charge in [-0.15, -0.1) is 0 Å². The second kappa shape index (κ2) is 7.35. The molecule has 4 aromatic heterocycles. The Hall–Kier alpha value is -3.46. The number of aromatic amines is 1. The molecule has 0 saturated heterocycles. The lowest BCUT2D eigenvalue weighted by molar-refractivity contribution is 0.622. The fourth-order valence-corrected chi connectivity index (χ4v) is 4.91. The van der Waals surface area contributed by atoms with E-state index in [9.17, 15) is 4.39 Å². The quantitative estimate of drug-likeness (QED) is 0.432. The number of H-pyrrole nitrogens is 1. The zero-order valence-electron chi connectivity index (χ0n) is 16.5. The number of nitrogens with zero attached hydrogens (tertiary/aromatic N) is 5. The lowest BCUT2D eigenvalue weighted by Gasteiger charge is -2.09. The van der Waals surface area contributed by atoms with Gasteiger partial charge in [-0.25, -0.2) is 19.3 Å². The number of fused-ring (bicyclic) bond motifs is 4. The average Bonchev–Trinajstić information content (AvgIpc) is 3.49. The van der Waals surface area contributed by atoms with Gasteiger partial charge in [-0.2, -0.15) is 0 Å². The van der Waals surface area contributed by atoms with Crippen molar-refractivity contribution in [3.63, 3.8) is 0 Å². The minimum absolute atomic E-state index is 0.413. The SMILES string of the molecule is Fc1cncc(-c2nc(NCCc3c[nH]c4ccccc34)c3nc4n(c3n2)CCS4)c1. The number of imidazole rings is 1. The van der Waals surface area contributed by atoms with Gasteiger partial charge >= 0.3 is 0 Å². The zero-order chi connectivity index (χ0) is 20.8. The van der Waals surface area contributed by atoms with E-state index in [0.717, 1.165) is 40.6 Å². The maximum atomic E-state index is 13.8. The summed E-state index contributed by atoms with van der Waals surface area (Å²) < 4.78 is 15.9. The first-order valence-electron chi connectivity index (χ1n) is 10.1. The van der Waals surface area contributed by atoms with Gasteiger partial charge in [0.15, 0.2) is 28.0 Å². The fraction of sp³-hybridized carbons (Fsp3) is 0.182. The van der Waals surface area contributed by atoms with Crippen LogP contribution in [0.25, 0.3) is 33.5 Å². The first-order chi connectivity index (χ1) is 15.3. The van der Waals surface area contributed by atoms with Crippen LogP contribution in [0, 0.1) is 5.82 Å². The van der Waals surface area contributed by atoms with Crippen LogP contribution in [0.1, 0.15) is 5.56 Å². The maximum Gasteiger partial charge on any atom is 0.170 e. The number of hydrogen-bond donors (Lipinski definition) is 2. The molecule has 31 heavy (non-hydrogen) atoms. The number of hydrogen-bond acceptors (Lipinski definition) is 6. The van der Waals surface area contributed by atoms with Crippen LogP contribution < -0.4 is 5.32 Å². The summed E-state index contributed by atoms with van der Waals surface area (Å²) in [6, 6.07) is 9.67. The van der Waals surface area contributed by atoms with Crippen molar-refractivity contribution in [1.82, 2.24) is 29.5 Å². The van der Waals surface area contributed by atoms with Crippen molar-refractivity contribution >= 4 is 39.6 Å². The highest BCUT2D eigenvalue weighted by Crippen LogP contribution is 2.33. The van der Waals surface area contributed by atoms with E-state index in [1.807, 2.05) is 18.3 Å². The van der Waals surface area contributed by atoms with Crippen molar-refractivity contribution in [2.24, 2.45) is 0 Å². The second-order valence-corrected chi connectivity index (χ2v) is 8.45. The zero-order valence-corrected chi connectivity index (χ0v) is 17.3. The first-order valence-corrected chi connectivity index (χ1v) is 11.1. The van der Waals surface area contributed by atoms with Crippen molar-refractivity contribution < 1.29 is 4.39 Å². The molecule has 0 aliphatic carbocycles. The third-order valence-electron chi connectivity index (χ3n) is 5.43. The van der Waals surface area contributed by atoms with Gasteiger partial charge in [-0.1, -0.05) is 30.0 Å². The van der Waals surface area contributed by atoms with Crippen molar-refractivity contribution in [3.8, 4) is 11.4 Å².